The van der Waals surface area contributed by atoms with Crippen LogP contribution < -0.4 is 0 Å². The molecule has 2 nitrogen and oxygen atoms in total. The number of halogens is 1. The zero-order valence-corrected chi connectivity index (χ0v) is 5.52. The largest absolute Gasteiger partial charge is 0.236 e. The summed E-state index contributed by atoms with van der Waals surface area (Å²) < 4.78 is 0. The van der Waals surface area contributed by atoms with Crippen molar-refractivity contribution < 1.29 is 9.78 Å². The van der Waals surface area contributed by atoms with E-state index in [0.29, 0.717) is 6.61 Å². The van der Waals surface area contributed by atoms with Crippen LogP contribution in [0.25, 0.3) is 0 Å². The van der Waals surface area contributed by atoms with Crippen LogP contribution in [-0.2, 0) is 9.78 Å². The molecule has 0 spiro atoms. The molecular weight excluding hydrogens is 128 g/mol. The van der Waals surface area contributed by atoms with Crippen LogP contribution >= 0.6 is 11.6 Å². The molecule has 3 heteroatoms. The summed E-state index contributed by atoms with van der Waals surface area (Å²) in [5, 5.41) is 0.0671. The number of hydrogen-bond acceptors (Lipinski definition) is 2. The minimum Gasteiger partial charge on any atom is -0.236 e. The van der Waals surface area contributed by atoms with E-state index in [4.69, 9.17) is 16.5 Å². The Hall–Kier alpha value is 0.210. The molecule has 0 amide bonds. The Morgan fingerprint density at radius 3 is 2.75 bits per heavy atom. The zero-order valence-electron chi connectivity index (χ0n) is 4.76. The summed E-state index contributed by atoms with van der Waals surface area (Å²) >= 11 is 5.68. The first-order valence-electron chi connectivity index (χ1n) is 2.73. The van der Waals surface area contributed by atoms with Gasteiger partial charge in [0.05, 0.1) is 12.0 Å². The quantitative estimate of drug-likeness (QED) is 0.400. The van der Waals surface area contributed by atoms with Crippen LogP contribution in [0.4, 0.5) is 0 Å². The minimum absolute atomic E-state index is 0.0671. The standard InChI is InChI=1S/C5H9ClO2/c1-4(6)5-2-3-7-8-5/h4-5H,2-3H2,1H3. The summed E-state index contributed by atoms with van der Waals surface area (Å²) in [4.78, 5) is 9.42. The Morgan fingerprint density at radius 1 is 1.75 bits per heavy atom. The van der Waals surface area contributed by atoms with Gasteiger partial charge in [0.2, 0.25) is 0 Å². The van der Waals surface area contributed by atoms with Gasteiger partial charge >= 0.3 is 0 Å². The fourth-order valence-corrected chi connectivity index (χ4v) is 0.822. The summed E-state index contributed by atoms with van der Waals surface area (Å²) in [7, 11) is 0. The smallest absolute Gasteiger partial charge is 0.111 e. The second kappa shape index (κ2) is 2.67. The van der Waals surface area contributed by atoms with Gasteiger partial charge in [-0.15, -0.1) is 11.6 Å². The molecule has 0 aromatic carbocycles. The average molecular weight is 137 g/mol. The van der Waals surface area contributed by atoms with Crippen molar-refractivity contribution in [1.82, 2.24) is 0 Å². The fourth-order valence-electron chi connectivity index (χ4n) is 0.654. The highest BCUT2D eigenvalue weighted by molar-refractivity contribution is 6.20. The van der Waals surface area contributed by atoms with Gasteiger partial charge < -0.3 is 0 Å². The Balaban J connectivity index is 2.24. The Morgan fingerprint density at radius 2 is 2.50 bits per heavy atom. The monoisotopic (exact) mass is 136 g/mol. The Bertz CT molecular complexity index is 68.8. The Labute approximate surface area is 53.7 Å². The molecule has 0 aliphatic carbocycles. The lowest BCUT2D eigenvalue weighted by Crippen LogP contribution is -2.15. The van der Waals surface area contributed by atoms with E-state index in [2.05, 4.69) is 4.89 Å². The first-order chi connectivity index (χ1) is 3.80. The van der Waals surface area contributed by atoms with E-state index >= 15 is 0 Å². The van der Waals surface area contributed by atoms with Gasteiger partial charge in [-0.05, 0) is 6.92 Å². The van der Waals surface area contributed by atoms with Crippen molar-refractivity contribution >= 4 is 11.6 Å². The SMILES string of the molecule is CC(Cl)C1CCOO1. The van der Waals surface area contributed by atoms with E-state index in [-0.39, 0.29) is 11.5 Å². The first kappa shape index (κ1) is 6.33. The average Bonchev–Trinajstić information content (AvgIpc) is 2.12. The van der Waals surface area contributed by atoms with Gasteiger partial charge in [-0.2, -0.15) is 0 Å². The van der Waals surface area contributed by atoms with Crippen LogP contribution in [-0.4, -0.2) is 18.1 Å². The third-order valence-electron chi connectivity index (χ3n) is 1.19. The molecule has 2 atom stereocenters. The number of alkyl halides is 1. The van der Waals surface area contributed by atoms with Crippen LogP contribution in [0.5, 0.6) is 0 Å². The summed E-state index contributed by atoms with van der Waals surface area (Å²) in [6.07, 6.45) is 1.03. The topological polar surface area (TPSA) is 18.5 Å². The second-order valence-corrected chi connectivity index (χ2v) is 2.61. The van der Waals surface area contributed by atoms with Crippen molar-refractivity contribution in [3.05, 3.63) is 0 Å². The maximum absolute atomic E-state index is 5.68. The van der Waals surface area contributed by atoms with E-state index in [0.717, 1.165) is 6.42 Å². The number of rotatable bonds is 1. The zero-order chi connectivity index (χ0) is 5.98. The predicted molar refractivity (Wildman–Crippen MR) is 30.8 cm³/mol. The lowest BCUT2D eigenvalue weighted by molar-refractivity contribution is -0.273. The van der Waals surface area contributed by atoms with E-state index in [9.17, 15) is 0 Å². The lowest BCUT2D eigenvalue weighted by atomic mass is 10.2. The van der Waals surface area contributed by atoms with Gasteiger partial charge in [0.25, 0.3) is 0 Å². The summed E-state index contributed by atoms with van der Waals surface area (Å²) in [6, 6.07) is 0. The Kier molecular flexibility index (Phi) is 2.11. The third-order valence-corrected chi connectivity index (χ3v) is 1.47. The molecule has 0 bridgehead atoms. The van der Waals surface area contributed by atoms with Crippen LogP contribution in [0.1, 0.15) is 13.3 Å². The van der Waals surface area contributed by atoms with Crippen LogP contribution in [0.15, 0.2) is 0 Å². The van der Waals surface area contributed by atoms with E-state index in [1.807, 2.05) is 6.92 Å². The molecule has 1 heterocycles. The second-order valence-electron chi connectivity index (χ2n) is 1.92. The molecule has 2 unspecified atom stereocenters. The van der Waals surface area contributed by atoms with Crippen molar-refractivity contribution in [3.8, 4) is 0 Å². The molecule has 1 aliphatic heterocycles. The van der Waals surface area contributed by atoms with Gasteiger partial charge in [0, 0.05) is 6.42 Å². The van der Waals surface area contributed by atoms with Crippen molar-refractivity contribution in [2.45, 2.75) is 24.8 Å². The van der Waals surface area contributed by atoms with Crippen LogP contribution in [0.2, 0.25) is 0 Å². The summed E-state index contributed by atoms with van der Waals surface area (Å²) in [5.41, 5.74) is 0. The van der Waals surface area contributed by atoms with Crippen molar-refractivity contribution in [3.63, 3.8) is 0 Å². The molecule has 48 valence electrons. The molecule has 0 saturated carbocycles. The maximum atomic E-state index is 5.68. The maximum Gasteiger partial charge on any atom is 0.111 e. The molecule has 1 saturated heterocycles. The third kappa shape index (κ3) is 1.34. The van der Waals surface area contributed by atoms with E-state index in [1.54, 1.807) is 0 Å². The number of hydrogen-bond donors (Lipinski definition) is 0. The molecular formula is C5H9ClO2. The summed E-state index contributed by atoms with van der Waals surface area (Å²) in [6.45, 7) is 2.59. The van der Waals surface area contributed by atoms with Gasteiger partial charge in [0.1, 0.15) is 6.10 Å². The van der Waals surface area contributed by atoms with Crippen LogP contribution in [0.3, 0.4) is 0 Å². The van der Waals surface area contributed by atoms with Gasteiger partial charge in [-0.1, -0.05) is 0 Å². The molecule has 0 N–H and O–H groups in total. The molecule has 0 aromatic heterocycles. The molecule has 1 aliphatic rings. The highest BCUT2D eigenvalue weighted by atomic mass is 35.5. The first-order valence-corrected chi connectivity index (χ1v) is 3.16. The minimum atomic E-state index is 0.0671. The lowest BCUT2D eigenvalue weighted by Gasteiger charge is -2.06. The van der Waals surface area contributed by atoms with Crippen molar-refractivity contribution in [2.24, 2.45) is 0 Å². The highest BCUT2D eigenvalue weighted by Crippen LogP contribution is 2.16. The highest BCUT2D eigenvalue weighted by Gasteiger charge is 2.21. The molecule has 0 aromatic rings. The van der Waals surface area contributed by atoms with Gasteiger partial charge in [-0.3, -0.25) is 0 Å². The van der Waals surface area contributed by atoms with Crippen LogP contribution in [0, 0.1) is 0 Å². The van der Waals surface area contributed by atoms with E-state index in [1.165, 1.54) is 0 Å². The molecule has 8 heavy (non-hydrogen) atoms. The van der Waals surface area contributed by atoms with E-state index < -0.39 is 0 Å². The fraction of sp³-hybridized carbons (Fsp3) is 1.00. The normalized spacial score (nSPS) is 33.0. The molecule has 1 fully saturated rings. The molecule has 1 rings (SSSR count). The van der Waals surface area contributed by atoms with Crippen molar-refractivity contribution in [1.29, 1.82) is 0 Å². The molecule has 0 radical (unpaired) electrons. The predicted octanol–water partition coefficient (Wildman–Crippen LogP) is 1.33. The van der Waals surface area contributed by atoms with Gasteiger partial charge in [0.15, 0.2) is 0 Å². The summed E-state index contributed by atoms with van der Waals surface area (Å²) in [5.74, 6) is 0. The van der Waals surface area contributed by atoms with Gasteiger partial charge in [-0.25, -0.2) is 9.78 Å². The van der Waals surface area contributed by atoms with Crippen molar-refractivity contribution in [2.75, 3.05) is 6.61 Å².